The number of aliphatic hydroxyl groups excluding tert-OH is 1. The summed E-state index contributed by atoms with van der Waals surface area (Å²) in [5.41, 5.74) is 5.90. The van der Waals surface area contributed by atoms with E-state index in [0.29, 0.717) is 13.0 Å². The normalized spacial score (nSPS) is 44.6. The number of methoxy groups -OCH3 is 1. The number of ether oxygens (including phenoxy) is 4. The molecule has 1 aliphatic heterocycles. The second kappa shape index (κ2) is 4.73. The van der Waals surface area contributed by atoms with Gasteiger partial charge >= 0.3 is 0 Å². The molecule has 2 rings (SSSR count). The average molecular weight is 219 g/mol. The van der Waals surface area contributed by atoms with Crippen LogP contribution in [0.1, 0.15) is 6.42 Å². The first-order valence-electron chi connectivity index (χ1n) is 5.08. The quantitative estimate of drug-likeness (QED) is 0.618. The number of rotatable bonds is 4. The molecular weight excluding hydrogens is 202 g/mol. The van der Waals surface area contributed by atoms with Gasteiger partial charge in [0.2, 0.25) is 0 Å². The summed E-state index contributed by atoms with van der Waals surface area (Å²) in [6.45, 7) is -0.356. The summed E-state index contributed by atoms with van der Waals surface area (Å²) in [5, 5.41) is 8.68. The van der Waals surface area contributed by atoms with Gasteiger partial charge < -0.3 is 29.8 Å². The lowest BCUT2D eigenvalue weighted by Crippen LogP contribution is -2.34. The fraction of sp³-hybridized carbons (Fsp3) is 1.00. The van der Waals surface area contributed by atoms with Gasteiger partial charge in [-0.2, -0.15) is 0 Å². The molecule has 3 N–H and O–H groups in total. The van der Waals surface area contributed by atoms with E-state index >= 15 is 0 Å². The summed E-state index contributed by atoms with van der Waals surface area (Å²) in [7, 11) is 1.51. The number of aliphatic hydroxyl groups is 1. The molecule has 1 unspecified atom stereocenters. The van der Waals surface area contributed by atoms with E-state index < -0.39 is 6.48 Å². The van der Waals surface area contributed by atoms with Crippen molar-refractivity contribution in [2.45, 2.75) is 37.3 Å². The van der Waals surface area contributed by atoms with Crippen molar-refractivity contribution in [3.05, 3.63) is 0 Å². The van der Waals surface area contributed by atoms with Gasteiger partial charge in [0.05, 0.1) is 19.3 Å². The zero-order valence-corrected chi connectivity index (χ0v) is 8.67. The van der Waals surface area contributed by atoms with Crippen molar-refractivity contribution < 1.29 is 24.1 Å². The van der Waals surface area contributed by atoms with Crippen LogP contribution in [0.15, 0.2) is 0 Å². The van der Waals surface area contributed by atoms with Gasteiger partial charge in [-0.05, 0) is 6.42 Å². The molecule has 88 valence electrons. The van der Waals surface area contributed by atoms with Crippen LogP contribution in [0.2, 0.25) is 0 Å². The third kappa shape index (κ3) is 2.15. The number of hydrogen-bond donors (Lipinski definition) is 2. The molecule has 1 saturated carbocycles. The van der Waals surface area contributed by atoms with Gasteiger partial charge in [-0.25, -0.2) is 0 Å². The van der Waals surface area contributed by atoms with Crippen molar-refractivity contribution in [2.24, 2.45) is 5.73 Å². The molecule has 2 fully saturated rings. The van der Waals surface area contributed by atoms with Crippen molar-refractivity contribution in [2.75, 3.05) is 20.3 Å². The van der Waals surface area contributed by atoms with Gasteiger partial charge in [0.1, 0.15) is 12.2 Å². The zero-order valence-electron chi connectivity index (χ0n) is 8.67. The molecular formula is C9H17NO5. The predicted octanol–water partition coefficient (Wildman–Crippen LogP) is -1.19. The highest BCUT2D eigenvalue weighted by atomic mass is 16.9. The Bertz CT molecular complexity index is 215. The Kier molecular flexibility index (Phi) is 3.55. The van der Waals surface area contributed by atoms with Crippen molar-refractivity contribution in [3.8, 4) is 0 Å². The number of fused-ring (bicyclic) bond motifs is 1. The minimum atomic E-state index is -0.647. The number of hydrogen-bond acceptors (Lipinski definition) is 6. The van der Waals surface area contributed by atoms with Gasteiger partial charge in [0.25, 0.3) is 6.48 Å². The summed E-state index contributed by atoms with van der Waals surface area (Å²) in [4.78, 5) is 0. The Labute approximate surface area is 88.2 Å². The summed E-state index contributed by atoms with van der Waals surface area (Å²) >= 11 is 0. The topological polar surface area (TPSA) is 83.2 Å². The first kappa shape index (κ1) is 11.3. The van der Waals surface area contributed by atoms with Crippen LogP contribution in [0.3, 0.4) is 0 Å². The van der Waals surface area contributed by atoms with Crippen LogP contribution in [0, 0.1) is 0 Å². The van der Waals surface area contributed by atoms with Crippen molar-refractivity contribution in [1.29, 1.82) is 0 Å². The SMILES string of the molecule is COC1O[C@@H]2[C@H](O1)[C@@H](OCCO)C[C@H]2N. The molecule has 1 heterocycles. The molecule has 0 amide bonds. The maximum atomic E-state index is 8.68. The van der Waals surface area contributed by atoms with Crippen molar-refractivity contribution >= 4 is 0 Å². The molecule has 0 aromatic rings. The van der Waals surface area contributed by atoms with E-state index in [-0.39, 0.29) is 31.0 Å². The summed E-state index contributed by atoms with van der Waals surface area (Å²) < 4.78 is 21.3. The fourth-order valence-corrected chi connectivity index (χ4v) is 2.10. The van der Waals surface area contributed by atoms with Crippen LogP contribution in [-0.4, -0.2) is 56.3 Å². The first-order chi connectivity index (χ1) is 7.26. The molecule has 15 heavy (non-hydrogen) atoms. The standard InChI is InChI=1S/C9H17NO5/c1-12-9-14-7-5(10)4-6(8(7)15-9)13-3-2-11/h5-9,11H,2-4,10H2,1H3/t5-,6+,7+,8-,9?/m1/s1. The monoisotopic (exact) mass is 219 g/mol. The molecule has 0 aromatic heterocycles. The van der Waals surface area contributed by atoms with E-state index in [1.165, 1.54) is 7.11 Å². The largest absolute Gasteiger partial charge is 0.394 e. The van der Waals surface area contributed by atoms with E-state index in [2.05, 4.69) is 0 Å². The van der Waals surface area contributed by atoms with Crippen LogP contribution < -0.4 is 5.73 Å². The molecule has 0 radical (unpaired) electrons. The van der Waals surface area contributed by atoms with Crippen LogP contribution >= 0.6 is 0 Å². The molecule has 0 bridgehead atoms. The van der Waals surface area contributed by atoms with Crippen LogP contribution in [0.5, 0.6) is 0 Å². The number of nitrogens with two attached hydrogens (primary N) is 1. The molecule has 0 aromatic carbocycles. The Morgan fingerprint density at radius 3 is 2.80 bits per heavy atom. The Balaban J connectivity index is 1.93. The second-order valence-electron chi connectivity index (χ2n) is 3.76. The minimum Gasteiger partial charge on any atom is -0.394 e. The van der Waals surface area contributed by atoms with E-state index in [4.69, 9.17) is 29.8 Å². The zero-order chi connectivity index (χ0) is 10.8. The van der Waals surface area contributed by atoms with Crippen LogP contribution in [0.25, 0.3) is 0 Å². The first-order valence-corrected chi connectivity index (χ1v) is 5.08. The van der Waals surface area contributed by atoms with Gasteiger partial charge in [-0.15, -0.1) is 0 Å². The molecule has 5 atom stereocenters. The van der Waals surface area contributed by atoms with Crippen molar-refractivity contribution in [1.82, 2.24) is 0 Å². The van der Waals surface area contributed by atoms with Crippen LogP contribution in [0.4, 0.5) is 0 Å². The minimum absolute atomic E-state index is 0.00229. The highest BCUT2D eigenvalue weighted by molar-refractivity contribution is 4.99. The Morgan fingerprint density at radius 1 is 1.40 bits per heavy atom. The van der Waals surface area contributed by atoms with E-state index in [1.54, 1.807) is 0 Å². The lowest BCUT2D eigenvalue weighted by molar-refractivity contribution is -0.239. The summed E-state index contributed by atoms with van der Waals surface area (Å²) in [6, 6.07) is -0.0983. The van der Waals surface area contributed by atoms with E-state index in [1.807, 2.05) is 0 Å². The Morgan fingerprint density at radius 2 is 2.13 bits per heavy atom. The molecule has 6 nitrogen and oxygen atoms in total. The van der Waals surface area contributed by atoms with E-state index in [0.717, 1.165) is 0 Å². The predicted molar refractivity (Wildman–Crippen MR) is 50.0 cm³/mol. The summed E-state index contributed by atoms with van der Waals surface area (Å²) in [6.07, 6.45) is 0.221. The van der Waals surface area contributed by atoms with Gasteiger partial charge in [-0.3, -0.25) is 0 Å². The van der Waals surface area contributed by atoms with Crippen molar-refractivity contribution in [3.63, 3.8) is 0 Å². The average Bonchev–Trinajstić information content (AvgIpc) is 2.77. The third-order valence-corrected chi connectivity index (χ3v) is 2.77. The molecule has 0 spiro atoms. The molecule has 1 aliphatic carbocycles. The van der Waals surface area contributed by atoms with Gasteiger partial charge in [-0.1, -0.05) is 0 Å². The lowest BCUT2D eigenvalue weighted by Gasteiger charge is -2.17. The smallest absolute Gasteiger partial charge is 0.272 e. The molecule has 1 saturated heterocycles. The maximum Gasteiger partial charge on any atom is 0.272 e. The molecule has 6 heteroatoms. The lowest BCUT2D eigenvalue weighted by atomic mass is 10.2. The van der Waals surface area contributed by atoms with Crippen LogP contribution in [-0.2, 0) is 18.9 Å². The van der Waals surface area contributed by atoms with Gasteiger partial charge in [0.15, 0.2) is 0 Å². The maximum absolute atomic E-state index is 8.68. The van der Waals surface area contributed by atoms with E-state index in [9.17, 15) is 0 Å². The third-order valence-electron chi connectivity index (χ3n) is 2.77. The highest BCUT2D eigenvalue weighted by Crippen LogP contribution is 2.34. The fourth-order valence-electron chi connectivity index (χ4n) is 2.10. The second-order valence-corrected chi connectivity index (χ2v) is 3.76. The molecule has 2 aliphatic rings. The summed E-state index contributed by atoms with van der Waals surface area (Å²) in [5.74, 6) is 0. The Hall–Kier alpha value is -0.240. The highest BCUT2D eigenvalue weighted by Gasteiger charge is 2.50. The van der Waals surface area contributed by atoms with Gasteiger partial charge in [0, 0.05) is 13.2 Å².